The van der Waals surface area contributed by atoms with Crippen LogP contribution < -0.4 is 5.73 Å². The predicted molar refractivity (Wildman–Crippen MR) is 80.7 cm³/mol. The standard InChI is InChI=1S/C15H20N4O/c1-18(2)12-5-6-19(9-12)15(20)14-8-10-7-11(16)3-4-13(10)17-14/h3-4,7-8,12,17H,5-6,9,16H2,1-2H3. The summed E-state index contributed by atoms with van der Waals surface area (Å²) in [6.07, 6.45) is 1.03. The van der Waals surface area contributed by atoms with Crippen LogP contribution in [0.15, 0.2) is 24.3 Å². The zero-order valence-corrected chi connectivity index (χ0v) is 11.9. The Morgan fingerprint density at radius 2 is 2.20 bits per heavy atom. The van der Waals surface area contributed by atoms with Gasteiger partial charge in [0.1, 0.15) is 5.69 Å². The van der Waals surface area contributed by atoms with Gasteiger partial charge in [0.25, 0.3) is 5.91 Å². The van der Waals surface area contributed by atoms with E-state index < -0.39 is 0 Å². The molecule has 106 valence electrons. The number of benzene rings is 1. The minimum Gasteiger partial charge on any atom is -0.399 e. The maximum Gasteiger partial charge on any atom is 0.270 e. The number of nitrogens with one attached hydrogen (secondary N) is 1. The molecule has 5 nitrogen and oxygen atoms in total. The second-order valence-electron chi connectivity index (χ2n) is 5.69. The van der Waals surface area contributed by atoms with Crippen molar-refractivity contribution in [3.8, 4) is 0 Å². The quantitative estimate of drug-likeness (QED) is 0.815. The van der Waals surface area contributed by atoms with Gasteiger partial charge in [-0.15, -0.1) is 0 Å². The van der Waals surface area contributed by atoms with Crippen molar-refractivity contribution < 1.29 is 4.79 Å². The second kappa shape index (κ2) is 4.83. The van der Waals surface area contributed by atoms with Crippen LogP contribution in [-0.4, -0.2) is 53.9 Å². The van der Waals surface area contributed by atoms with E-state index >= 15 is 0 Å². The first-order chi connectivity index (χ1) is 9.54. The topological polar surface area (TPSA) is 65.4 Å². The van der Waals surface area contributed by atoms with E-state index in [0.29, 0.717) is 17.4 Å². The number of aromatic nitrogens is 1. The number of amides is 1. The van der Waals surface area contributed by atoms with Gasteiger partial charge in [0.2, 0.25) is 0 Å². The molecule has 2 heterocycles. The Hall–Kier alpha value is -2.01. The summed E-state index contributed by atoms with van der Waals surface area (Å²) in [5, 5.41) is 0.983. The van der Waals surface area contributed by atoms with Crippen LogP contribution in [0, 0.1) is 0 Å². The molecular weight excluding hydrogens is 252 g/mol. The Morgan fingerprint density at radius 1 is 1.40 bits per heavy atom. The van der Waals surface area contributed by atoms with E-state index in [-0.39, 0.29) is 5.91 Å². The highest BCUT2D eigenvalue weighted by Crippen LogP contribution is 2.21. The summed E-state index contributed by atoms with van der Waals surface area (Å²) in [7, 11) is 4.12. The zero-order chi connectivity index (χ0) is 14.3. The number of hydrogen-bond donors (Lipinski definition) is 2. The summed E-state index contributed by atoms with van der Waals surface area (Å²) in [4.78, 5) is 19.8. The molecule has 20 heavy (non-hydrogen) atoms. The van der Waals surface area contributed by atoms with E-state index in [2.05, 4.69) is 24.0 Å². The molecule has 0 aliphatic carbocycles. The molecular formula is C15H20N4O. The van der Waals surface area contributed by atoms with E-state index in [0.717, 1.165) is 30.4 Å². The Kier molecular flexibility index (Phi) is 3.14. The second-order valence-corrected chi connectivity index (χ2v) is 5.69. The lowest BCUT2D eigenvalue weighted by Crippen LogP contribution is -2.34. The van der Waals surface area contributed by atoms with E-state index in [1.165, 1.54) is 0 Å². The summed E-state index contributed by atoms with van der Waals surface area (Å²) in [6, 6.07) is 7.98. The van der Waals surface area contributed by atoms with Gasteiger partial charge in [0, 0.05) is 35.7 Å². The number of nitrogens with zero attached hydrogens (tertiary/aromatic N) is 2. The van der Waals surface area contributed by atoms with Crippen molar-refractivity contribution >= 4 is 22.5 Å². The molecule has 0 bridgehead atoms. The first-order valence-corrected chi connectivity index (χ1v) is 6.88. The predicted octanol–water partition coefficient (Wildman–Crippen LogP) is 1.53. The average molecular weight is 272 g/mol. The lowest BCUT2D eigenvalue weighted by atomic mass is 10.2. The van der Waals surface area contributed by atoms with E-state index in [4.69, 9.17) is 5.73 Å². The minimum atomic E-state index is 0.0733. The fourth-order valence-corrected chi connectivity index (χ4v) is 2.78. The Bertz CT molecular complexity index is 646. The zero-order valence-electron chi connectivity index (χ0n) is 11.9. The molecule has 0 saturated carbocycles. The highest BCUT2D eigenvalue weighted by atomic mass is 16.2. The molecule has 3 rings (SSSR count). The fourth-order valence-electron chi connectivity index (χ4n) is 2.78. The van der Waals surface area contributed by atoms with Crippen molar-refractivity contribution in [3.63, 3.8) is 0 Å². The molecule has 1 aliphatic heterocycles. The molecule has 5 heteroatoms. The molecule has 1 aromatic carbocycles. The lowest BCUT2D eigenvalue weighted by molar-refractivity contribution is 0.0778. The molecule has 1 fully saturated rings. The van der Waals surface area contributed by atoms with Gasteiger partial charge in [-0.2, -0.15) is 0 Å². The number of rotatable bonds is 2. The van der Waals surface area contributed by atoms with E-state index in [1.807, 2.05) is 29.2 Å². The highest BCUT2D eigenvalue weighted by Gasteiger charge is 2.28. The maximum atomic E-state index is 12.5. The Balaban J connectivity index is 1.82. The minimum absolute atomic E-state index is 0.0733. The fraction of sp³-hybridized carbons (Fsp3) is 0.400. The molecule has 3 N–H and O–H groups in total. The number of likely N-dealkylation sites (N-methyl/N-ethyl adjacent to an activating group) is 1. The van der Waals surface area contributed by atoms with Crippen LogP contribution in [0.5, 0.6) is 0 Å². The van der Waals surface area contributed by atoms with Crippen LogP contribution in [-0.2, 0) is 0 Å². The number of carbonyl (C=O) groups is 1. The summed E-state index contributed by atoms with van der Waals surface area (Å²) >= 11 is 0. The molecule has 1 unspecified atom stereocenters. The number of likely N-dealkylation sites (tertiary alicyclic amines) is 1. The van der Waals surface area contributed by atoms with Gasteiger partial charge >= 0.3 is 0 Å². The molecule has 0 radical (unpaired) electrons. The molecule has 2 aromatic rings. The number of fused-ring (bicyclic) bond motifs is 1. The van der Waals surface area contributed by atoms with Gasteiger partial charge in [0.15, 0.2) is 0 Å². The van der Waals surface area contributed by atoms with Gasteiger partial charge in [0.05, 0.1) is 0 Å². The van der Waals surface area contributed by atoms with Crippen molar-refractivity contribution in [2.75, 3.05) is 32.9 Å². The SMILES string of the molecule is CN(C)C1CCN(C(=O)c2cc3cc(N)ccc3[nH]2)C1. The summed E-state index contributed by atoms with van der Waals surface area (Å²) in [5.41, 5.74) is 8.07. The van der Waals surface area contributed by atoms with Crippen LogP contribution in [0.4, 0.5) is 5.69 Å². The van der Waals surface area contributed by atoms with Gasteiger partial charge in [-0.3, -0.25) is 4.79 Å². The number of carbonyl (C=O) groups excluding carboxylic acids is 1. The van der Waals surface area contributed by atoms with Crippen molar-refractivity contribution in [1.29, 1.82) is 0 Å². The Morgan fingerprint density at radius 3 is 2.90 bits per heavy atom. The van der Waals surface area contributed by atoms with Gasteiger partial charge < -0.3 is 20.5 Å². The van der Waals surface area contributed by atoms with Crippen molar-refractivity contribution in [2.24, 2.45) is 0 Å². The normalized spacial score (nSPS) is 19.1. The third-order valence-electron chi connectivity index (χ3n) is 4.06. The van der Waals surface area contributed by atoms with Crippen LogP contribution in [0.25, 0.3) is 10.9 Å². The van der Waals surface area contributed by atoms with Crippen LogP contribution in [0.3, 0.4) is 0 Å². The average Bonchev–Trinajstić information content (AvgIpc) is 3.03. The monoisotopic (exact) mass is 272 g/mol. The number of anilines is 1. The smallest absolute Gasteiger partial charge is 0.270 e. The summed E-state index contributed by atoms with van der Waals surface area (Å²) in [5.74, 6) is 0.0733. The third-order valence-corrected chi connectivity index (χ3v) is 4.06. The lowest BCUT2D eigenvalue weighted by Gasteiger charge is -2.20. The Labute approximate surface area is 118 Å². The summed E-state index contributed by atoms with van der Waals surface area (Å²) < 4.78 is 0. The van der Waals surface area contributed by atoms with Crippen LogP contribution in [0.2, 0.25) is 0 Å². The molecule has 1 aliphatic rings. The molecule has 1 saturated heterocycles. The first-order valence-electron chi connectivity index (χ1n) is 6.88. The van der Waals surface area contributed by atoms with E-state index in [9.17, 15) is 4.79 Å². The third kappa shape index (κ3) is 2.25. The van der Waals surface area contributed by atoms with Gasteiger partial charge in [-0.05, 0) is 44.8 Å². The summed E-state index contributed by atoms with van der Waals surface area (Å²) in [6.45, 7) is 1.61. The van der Waals surface area contributed by atoms with Crippen molar-refractivity contribution in [1.82, 2.24) is 14.8 Å². The van der Waals surface area contributed by atoms with Crippen LogP contribution >= 0.6 is 0 Å². The van der Waals surface area contributed by atoms with Gasteiger partial charge in [-0.1, -0.05) is 0 Å². The molecule has 1 amide bonds. The first kappa shape index (κ1) is 13.0. The van der Waals surface area contributed by atoms with Crippen LogP contribution in [0.1, 0.15) is 16.9 Å². The number of H-pyrrole nitrogens is 1. The number of hydrogen-bond acceptors (Lipinski definition) is 3. The number of nitrogen functional groups attached to an aromatic ring is 1. The van der Waals surface area contributed by atoms with Crippen molar-refractivity contribution in [3.05, 3.63) is 30.0 Å². The highest BCUT2D eigenvalue weighted by molar-refractivity contribution is 5.98. The molecule has 1 atom stereocenters. The molecule has 1 aromatic heterocycles. The van der Waals surface area contributed by atoms with E-state index in [1.54, 1.807) is 0 Å². The number of aromatic amines is 1. The largest absolute Gasteiger partial charge is 0.399 e. The van der Waals surface area contributed by atoms with Gasteiger partial charge in [-0.25, -0.2) is 0 Å². The maximum absolute atomic E-state index is 12.5. The number of nitrogens with two attached hydrogens (primary N) is 1. The van der Waals surface area contributed by atoms with Crippen molar-refractivity contribution in [2.45, 2.75) is 12.5 Å². The molecule has 0 spiro atoms.